The molecule has 1 amide bonds. The van der Waals surface area contributed by atoms with Gasteiger partial charge < -0.3 is 10.0 Å². The van der Waals surface area contributed by atoms with Crippen molar-refractivity contribution in [2.45, 2.75) is 25.9 Å². The summed E-state index contributed by atoms with van der Waals surface area (Å²) in [4.78, 5) is 14.2. The second kappa shape index (κ2) is 5.74. The molecule has 0 spiro atoms. The van der Waals surface area contributed by atoms with Crippen LogP contribution in [-0.4, -0.2) is 44.9 Å². The second-order valence-corrected chi connectivity index (χ2v) is 6.29. The number of carbonyl (C=O) groups excluding carboxylic acids is 1. The number of likely N-dealkylation sites (tertiary alicyclic amines) is 1. The van der Waals surface area contributed by atoms with Crippen LogP contribution >= 0.6 is 11.6 Å². The van der Waals surface area contributed by atoms with E-state index in [4.69, 9.17) is 11.6 Å². The minimum atomic E-state index is -0.408. The fourth-order valence-corrected chi connectivity index (χ4v) is 2.87. The topological polar surface area (TPSA) is 58.4 Å². The molecule has 6 heteroatoms. The smallest absolute Gasteiger partial charge is 0.257 e. The minimum absolute atomic E-state index is 0.0812. The SMILES string of the molecule is CC(C)c1c(C(=O)N2CC(O)C2)cnn1-c1cccc(Cl)c1. The summed E-state index contributed by atoms with van der Waals surface area (Å²) in [5.41, 5.74) is 2.27. The van der Waals surface area contributed by atoms with Gasteiger partial charge in [0.05, 0.1) is 29.2 Å². The number of hydrogen-bond donors (Lipinski definition) is 1. The Morgan fingerprint density at radius 2 is 2.14 bits per heavy atom. The quantitative estimate of drug-likeness (QED) is 0.945. The number of rotatable bonds is 3. The number of benzene rings is 1. The molecule has 1 aromatic heterocycles. The average molecular weight is 320 g/mol. The van der Waals surface area contributed by atoms with Crippen LogP contribution in [0.4, 0.5) is 0 Å². The lowest BCUT2D eigenvalue weighted by molar-refractivity contribution is 0.00579. The maximum absolute atomic E-state index is 12.5. The predicted molar refractivity (Wildman–Crippen MR) is 84.6 cm³/mol. The van der Waals surface area contributed by atoms with Crippen LogP contribution in [0.15, 0.2) is 30.5 Å². The first-order chi connectivity index (χ1) is 10.5. The summed E-state index contributed by atoms with van der Waals surface area (Å²) in [6.45, 7) is 4.83. The molecular formula is C16H18ClN3O2. The maximum atomic E-state index is 12.5. The molecule has 0 bridgehead atoms. The highest BCUT2D eigenvalue weighted by Crippen LogP contribution is 2.26. The average Bonchev–Trinajstić information content (AvgIpc) is 2.88. The largest absolute Gasteiger partial charge is 0.389 e. The number of aromatic nitrogens is 2. The summed E-state index contributed by atoms with van der Waals surface area (Å²) >= 11 is 6.05. The molecular weight excluding hydrogens is 302 g/mol. The normalized spacial score (nSPS) is 15.2. The van der Waals surface area contributed by atoms with Gasteiger partial charge in [0.25, 0.3) is 5.91 Å². The maximum Gasteiger partial charge on any atom is 0.257 e. The molecule has 0 unspecified atom stereocenters. The lowest BCUT2D eigenvalue weighted by Crippen LogP contribution is -2.53. The minimum Gasteiger partial charge on any atom is -0.389 e. The van der Waals surface area contributed by atoms with Gasteiger partial charge in [-0.3, -0.25) is 4.79 Å². The number of halogens is 1. The molecule has 1 fully saturated rings. The first-order valence-electron chi connectivity index (χ1n) is 7.28. The first kappa shape index (κ1) is 15.1. The number of nitrogens with zero attached hydrogens (tertiary/aromatic N) is 3. The first-order valence-corrected chi connectivity index (χ1v) is 7.66. The molecule has 3 rings (SSSR count). The van der Waals surface area contributed by atoms with Gasteiger partial charge in [-0.05, 0) is 24.1 Å². The van der Waals surface area contributed by atoms with Gasteiger partial charge in [-0.1, -0.05) is 31.5 Å². The Bertz CT molecular complexity index is 705. The molecule has 0 atom stereocenters. The van der Waals surface area contributed by atoms with E-state index in [-0.39, 0.29) is 11.8 Å². The van der Waals surface area contributed by atoms with Crippen LogP contribution in [0, 0.1) is 0 Å². The Morgan fingerprint density at radius 3 is 2.73 bits per heavy atom. The van der Waals surface area contributed by atoms with Gasteiger partial charge in [-0.15, -0.1) is 0 Å². The molecule has 0 radical (unpaired) electrons. The Hall–Kier alpha value is -1.85. The fraction of sp³-hybridized carbons (Fsp3) is 0.375. The van der Waals surface area contributed by atoms with E-state index >= 15 is 0 Å². The number of aliphatic hydroxyl groups excluding tert-OH is 1. The molecule has 0 saturated carbocycles. The predicted octanol–water partition coefficient (Wildman–Crippen LogP) is 2.47. The van der Waals surface area contributed by atoms with Crippen LogP contribution in [0.5, 0.6) is 0 Å². The van der Waals surface area contributed by atoms with Crippen molar-refractivity contribution in [2.75, 3.05) is 13.1 Å². The third-order valence-electron chi connectivity index (χ3n) is 3.79. The van der Waals surface area contributed by atoms with E-state index in [0.717, 1.165) is 11.4 Å². The summed E-state index contributed by atoms with van der Waals surface area (Å²) in [6, 6.07) is 7.39. The highest BCUT2D eigenvalue weighted by Gasteiger charge is 2.32. The van der Waals surface area contributed by atoms with Gasteiger partial charge in [0.15, 0.2) is 0 Å². The Labute approximate surface area is 134 Å². The van der Waals surface area contributed by atoms with E-state index in [0.29, 0.717) is 23.7 Å². The molecule has 1 N–H and O–H groups in total. The van der Waals surface area contributed by atoms with Crippen LogP contribution in [0.3, 0.4) is 0 Å². The van der Waals surface area contributed by atoms with Crippen molar-refractivity contribution in [3.63, 3.8) is 0 Å². The van der Waals surface area contributed by atoms with Crippen molar-refractivity contribution in [2.24, 2.45) is 0 Å². The van der Waals surface area contributed by atoms with Crippen molar-refractivity contribution in [1.29, 1.82) is 0 Å². The van der Waals surface area contributed by atoms with Crippen molar-refractivity contribution in [3.8, 4) is 5.69 Å². The number of hydrogen-bond acceptors (Lipinski definition) is 3. The molecule has 2 aromatic rings. The molecule has 5 nitrogen and oxygen atoms in total. The van der Waals surface area contributed by atoms with E-state index in [9.17, 15) is 9.90 Å². The molecule has 1 saturated heterocycles. The Morgan fingerprint density at radius 1 is 1.41 bits per heavy atom. The van der Waals surface area contributed by atoms with Crippen LogP contribution in [0.2, 0.25) is 5.02 Å². The molecule has 2 heterocycles. The zero-order chi connectivity index (χ0) is 15.9. The van der Waals surface area contributed by atoms with Crippen molar-refractivity contribution < 1.29 is 9.90 Å². The molecule has 0 aliphatic carbocycles. The van der Waals surface area contributed by atoms with Gasteiger partial charge in [0.2, 0.25) is 0 Å². The zero-order valence-electron chi connectivity index (χ0n) is 12.5. The zero-order valence-corrected chi connectivity index (χ0v) is 13.3. The Kier molecular flexibility index (Phi) is 3.93. The van der Waals surface area contributed by atoms with Gasteiger partial charge in [0.1, 0.15) is 0 Å². The number of β-amino-alcohol motifs (C(OH)–C–C–N with tert-alkyl or cyclic N) is 1. The third kappa shape index (κ3) is 2.62. The van der Waals surface area contributed by atoms with Gasteiger partial charge in [-0.2, -0.15) is 5.10 Å². The van der Waals surface area contributed by atoms with E-state index in [1.807, 2.05) is 32.0 Å². The third-order valence-corrected chi connectivity index (χ3v) is 4.02. The van der Waals surface area contributed by atoms with Gasteiger partial charge in [-0.25, -0.2) is 4.68 Å². The fourth-order valence-electron chi connectivity index (χ4n) is 2.68. The summed E-state index contributed by atoms with van der Waals surface area (Å²) in [6.07, 6.45) is 1.19. The van der Waals surface area contributed by atoms with Crippen molar-refractivity contribution in [3.05, 3.63) is 46.7 Å². The highest BCUT2D eigenvalue weighted by atomic mass is 35.5. The van der Waals surface area contributed by atoms with Gasteiger partial charge >= 0.3 is 0 Å². The molecule has 22 heavy (non-hydrogen) atoms. The monoisotopic (exact) mass is 319 g/mol. The van der Waals surface area contributed by atoms with Crippen molar-refractivity contribution >= 4 is 17.5 Å². The number of amides is 1. The van der Waals surface area contributed by atoms with Crippen LogP contribution in [0.25, 0.3) is 5.69 Å². The molecule has 1 aliphatic heterocycles. The van der Waals surface area contributed by atoms with Crippen LogP contribution in [0.1, 0.15) is 35.8 Å². The molecule has 1 aliphatic rings. The van der Waals surface area contributed by atoms with Crippen LogP contribution in [-0.2, 0) is 0 Å². The van der Waals surface area contributed by atoms with E-state index in [1.54, 1.807) is 21.8 Å². The number of carbonyl (C=O) groups is 1. The number of aliphatic hydroxyl groups is 1. The lowest BCUT2D eigenvalue weighted by Gasteiger charge is -2.35. The summed E-state index contributed by atoms with van der Waals surface area (Å²) in [5.74, 6) is 0.0499. The summed E-state index contributed by atoms with van der Waals surface area (Å²) in [7, 11) is 0. The molecule has 1 aromatic carbocycles. The van der Waals surface area contributed by atoms with Crippen LogP contribution < -0.4 is 0 Å². The van der Waals surface area contributed by atoms with E-state index in [2.05, 4.69) is 5.10 Å². The lowest BCUT2D eigenvalue weighted by atomic mass is 10.0. The highest BCUT2D eigenvalue weighted by molar-refractivity contribution is 6.30. The van der Waals surface area contributed by atoms with E-state index in [1.165, 1.54) is 0 Å². The Balaban J connectivity index is 2.01. The summed E-state index contributed by atoms with van der Waals surface area (Å²) < 4.78 is 1.76. The standard InChI is InChI=1S/C16H18ClN3O2/c1-10(2)15-14(16(22)19-8-13(21)9-19)7-18-20(15)12-5-3-4-11(17)6-12/h3-7,10,13,21H,8-9H2,1-2H3. The molecule has 116 valence electrons. The van der Waals surface area contributed by atoms with Crippen molar-refractivity contribution in [1.82, 2.24) is 14.7 Å². The van der Waals surface area contributed by atoms with Gasteiger partial charge in [0, 0.05) is 18.1 Å². The summed E-state index contributed by atoms with van der Waals surface area (Å²) in [5, 5.41) is 14.4. The second-order valence-electron chi connectivity index (χ2n) is 5.85. The van der Waals surface area contributed by atoms with E-state index < -0.39 is 6.10 Å².